The molecule has 108 valence electrons. The van der Waals surface area contributed by atoms with E-state index in [9.17, 15) is 12.8 Å². The highest BCUT2D eigenvalue weighted by molar-refractivity contribution is 7.89. The summed E-state index contributed by atoms with van der Waals surface area (Å²) in [6, 6.07) is 2.69. The fourth-order valence-corrected chi connectivity index (χ4v) is 2.77. The van der Waals surface area contributed by atoms with Gasteiger partial charge in [0.25, 0.3) is 0 Å². The molecule has 0 amide bonds. The van der Waals surface area contributed by atoms with Gasteiger partial charge in [0, 0.05) is 5.69 Å². The van der Waals surface area contributed by atoms with E-state index < -0.39 is 46.1 Å². The predicted molar refractivity (Wildman–Crippen MR) is 65.1 cm³/mol. The molecule has 9 heteroatoms. The third-order valence-electron chi connectivity index (χ3n) is 2.46. The van der Waals surface area contributed by atoms with Crippen molar-refractivity contribution in [2.24, 2.45) is 0 Å². The maximum Gasteiger partial charge on any atom is 0.241 e. The van der Waals surface area contributed by atoms with Gasteiger partial charge in [-0.15, -0.1) is 0 Å². The molecule has 0 spiro atoms. The number of anilines is 1. The Bertz CT molecular complexity index is 516. The summed E-state index contributed by atoms with van der Waals surface area (Å²) in [6.45, 7) is -2.49. The first-order chi connectivity index (χ1) is 8.78. The van der Waals surface area contributed by atoms with Crippen LogP contribution in [0.1, 0.15) is 0 Å². The number of nitrogen functional groups attached to an aromatic ring is 1. The van der Waals surface area contributed by atoms with Crippen molar-refractivity contribution < 1.29 is 28.1 Å². The van der Waals surface area contributed by atoms with E-state index in [1.807, 2.05) is 4.72 Å². The van der Waals surface area contributed by atoms with Gasteiger partial charge in [0.2, 0.25) is 10.0 Å². The lowest BCUT2D eigenvalue weighted by molar-refractivity contribution is 0.0582. The van der Waals surface area contributed by atoms with Crippen molar-refractivity contribution in [2.75, 3.05) is 25.6 Å². The Morgan fingerprint density at radius 3 is 2.11 bits per heavy atom. The minimum absolute atomic E-state index is 0.0945. The summed E-state index contributed by atoms with van der Waals surface area (Å²) >= 11 is 0. The Labute approximate surface area is 109 Å². The highest BCUT2D eigenvalue weighted by atomic mass is 32.2. The first kappa shape index (κ1) is 15.8. The standard InChI is InChI=1S/C10H15FN2O5S/c11-7-1-8(12)3-9(2-7)19(17,18)13-10(4-14,5-15)6-16/h1-3,13-16H,4-6,12H2. The summed E-state index contributed by atoms with van der Waals surface area (Å²) in [5, 5.41) is 27.2. The van der Waals surface area contributed by atoms with E-state index in [1.54, 1.807) is 0 Å². The van der Waals surface area contributed by atoms with E-state index in [0.717, 1.165) is 18.2 Å². The zero-order valence-corrected chi connectivity index (χ0v) is 10.7. The van der Waals surface area contributed by atoms with E-state index >= 15 is 0 Å². The van der Waals surface area contributed by atoms with Gasteiger partial charge in [-0.2, -0.15) is 4.72 Å². The van der Waals surface area contributed by atoms with Crippen LogP contribution in [0.15, 0.2) is 23.1 Å². The molecule has 0 aliphatic rings. The Morgan fingerprint density at radius 2 is 1.68 bits per heavy atom. The van der Waals surface area contributed by atoms with Gasteiger partial charge in [0.05, 0.1) is 24.7 Å². The van der Waals surface area contributed by atoms with Crippen LogP contribution in [-0.4, -0.2) is 49.1 Å². The van der Waals surface area contributed by atoms with Gasteiger partial charge in [-0.1, -0.05) is 0 Å². The first-order valence-corrected chi connectivity index (χ1v) is 6.69. The number of hydrogen-bond acceptors (Lipinski definition) is 6. The van der Waals surface area contributed by atoms with Crippen molar-refractivity contribution in [3.05, 3.63) is 24.0 Å². The van der Waals surface area contributed by atoms with Gasteiger partial charge in [-0.3, -0.25) is 0 Å². The number of rotatable bonds is 6. The first-order valence-electron chi connectivity index (χ1n) is 5.21. The molecular weight excluding hydrogens is 279 g/mol. The van der Waals surface area contributed by atoms with Crippen LogP contribution in [0.3, 0.4) is 0 Å². The number of nitrogens with one attached hydrogen (secondary N) is 1. The molecular formula is C10H15FN2O5S. The molecule has 19 heavy (non-hydrogen) atoms. The Morgan fingerprint density at radius 1 is 1.16 bits per heavy atom. The van der Waals surface area contributed by atoms with Gasteiger partial charge in [0.15, 0.2) is 0 Å². The van der Waals surface area contributed by atoms with Crippen molar-refractivity contribution in [2.45, 2.75) is 10.4 Å². The minimum atomic E-state index is -4.25. The van der Waals surface area contributed by atoms with Crippen LogP contribution in [0.25, 0.3) is 0 Å². The van der Waals surface area contributed by atoms with Crippen LogP contribution in [0.4, 0.5) is 10.1 Å². The number of halogens is 1. The van der Waals surface area contributed by atoms with Gasteiger partial charge in [-0.25, -0.2) is 12.8 Å². The van der Waals surface area contributed by atoms with E-state index in [2.05, 4.69) is 0 Å². The second kappa shape index (κ2) is 5.80. The molecule has 0 fully saturated rings. The molecule has 1 rings (SSSR count). The van der Waals surface area contributed by atoms with Crippen molar-refractivity contribution in [1.82, 2.24) is 4.72 Å². The molecule has 0 aliphatic carbocycles. The summed E-state index contributed by atoms with van der Waals surface area (Å²) < 4.78 is 39.0. The number of nitrogens with two attached hydrogens (primary N) is 1. The van der Waals surface area contributed by atoms with Crippen molar-refractivity contribution >= 4 is 15.7 Å². The van der Waals surface area contributed by atoms with Crippen molar-refractivity contribution in [3.8, 4) is 0 Å². The monoisotopic (exact) mass is 294 g/mol. The molecule has 0 unspecified atom stereocenters. The maximum absolute atomic E-state index is 13.1. The van der Waals surface area contributed by atoms with Crippen LogP contribution in [0, 0.1) is 5.82 Å². The molecule has 1 aromatic rings. The molecule has 0 heterocycles. The lowest BCUT2D eigenvalue weighted by Crippen LogP contribution is -2.56. The largest absolute Gasteiger partial charge is 0.399 e. The highest BCUT2D eigenvalue weighted by Gasteiger charge is 2.34. The van der Waals surface area contributed by atoms with Gasteiger partial charge < -0.3 is 21.1 Å². The second-order valence-corrected chi connectivity index (χ2v) is 5.76. The molecule has 0 atom stereocenters. The molecule has 0 saturated carbocycles. The van der Waals surface area contributed by atoms with E-state index in [-0.39, 0.29) is 5.69 Å². The van der Waals surface area contributed by atoms with Crippen LogP contribution in [-0.2, 0) is 10.0 Å². The second-order valence-electron chi connectivity index (χ2n) is 4.08. The lowest BCUT2D eigenvalue weighted by atomic mass is 10.1. The Kier molecular flexibility index (Phi) is 4.82. The van der Waals surface area contributed by atoms with E-state index in [1.165, 1.54) is 0 Å². The average Bonchev–Trinajstić information content (AvgIpc) is 2.35. The smallest absolute Gasteiger partial charge is 0.241 e. The number of aliphatic hydroxyl groups is 3. The summed E-state index contributed by atoms with van der Waals surface area (Å²) in [5.74, 6) is -0.844. The summed E-state index contributed by atoms with van der Waals surface area (Å²) in [6.07, 6.45) is 0. The molecule has 6 N–H and O–H groups in total. The third-order valence-corrected chi connectivity index (χ3v) is 4.02. The van der Waals surface area contributed by atoms with Crippen LogP contribution in [0.2, 0.25) is 0 Å². The van der Waals surface area contributed by atoms with Crippen molar-refractivity contribution in [1.29, 1.82) is 0 Å². The Hall–Kier alpha value is -1.26. The number of aliphatic hydroxyl groups excluding tert-OH is 3. The third kappa shape index (κ3) is 3.61. The summed E-state index contributed by atoms with van der Waals surface area (Å²) in [7, 11) is -4.25. The highest BCUT2D eigenvalue weighted by Crippen LogP contribution is 2.18. The van der Waals surface area contributed by atoms with Gasteiger partial charge in [0.1, 0.15) is 11.4 Å². The molecule has 0 aliphatic heterocycles. The summed E-state index contributed by atoms with van der Waals surface area (Å²) in [5.41, 5.74) is 3.41. The molecule has 1 aromatic carbocycles. The fraction of sp³-hybridized carbons (Fsp3) is 0.400. The topological polar surface area (TPSA) is 133 Å². The normalized spacial score (nSPS) is 12.6. The zero-order valence-electron chi connectivity index (χ0n) is 9.88. The number of benzene rings is 1. The number of sulfonamides is 1. The summed E-state index contributed by atoms with van der Waals surface area (Å²) in [4.78, 5) is -0.468. The van der Waals surface area contributed by atoms with Crippen LogP contribution >= 0.6 is 0 Å². The zero-order chi connectivity index (χ0) is 14.7. The van der Waals surface area contributed by atoms with Crippen LogP contribution < -0.4 is 10.5 Å². The average molecular weight is 294 g/mol. The van der Waals surface area contributed by atoms with Gasteiger partial charge >= 0.3 is 0 Å². The molecule has 7 nitrogen and oxygen atoms in total. The quantitative estimate of drug-likeness (QED) is 0.401. The molecule has 0 radical (unpaired) electrons. The van der Waals surface area contributed by atoms with Gasteiger partial charge in [-0.05, 0) is 18.2 Å². The maximum atomic E-state index is 13.1. The van der Waals surface area contributed by atoms with E-state index in [4.69, 9.17) is 21.1 Å². The van der Waals surface area contributed by atoms with Crippen molar-refractivity contribution in [3.63, 3.8) is 0 Å². The minimum Gasteiger partial charge on any atom is -0.399 e. The van der Waals surface area contributed by atoms with E-state index in [0.29, 0.717) is 0 Å². The molecule has 0 bridgehead atoms. The molecule has 0 saturated heterocycles. The lowest BCUT2D eigenvalue weighted by Gasteiger charge is -2.28. The SMILES string of the molecule is Nc1cc(F)cc(S(=O)(=O)NC(CO)(CO)CO)c1. The predicted octanol–water partition coefficient (Wildman–Crippen LogP) is -1.60. The molecule has 0 aromatic heterocycles. The fourth-order valence-electron chi connectivity index (χ4n) is 1.33. The number of hydrogen-bond donors (Lipinski definition) is 5. The van der Waals surface area contributed by atoms with Crippen LogP contribution in [0.5, 0.6) is 0 Å². The Balaban J connectivity index is 3.17.